The molecule has 6 nitrogen and oxygen atoms in total. The van der Waals surface area contributed by atoms with Crippen molar-refractivity contribution in [3.05, 3.63) is 108 Å². The van der Waals surface area contributed by atoms with E-state index in [4.69, 9.17) is 4.74 Å². The largest absolute Gasteiger partial charge is 0.359 e. The second-order valence-electron chi connectivity index (χ2n) is 7.19. The van der Waals surface area contributed by atoms with Gasteiger partial charge in [-0.3, -0.25) is 20.4 Å². The number of aromatic nitrogens is 1. The van der Waals surface area contributed by atoms with Crippen molar-refractivity contribution in [1.29, 1.82) is 0 Å². The number of hydrazine groups is 1. The highest BCUT2D eigenvalue weighted by Gasteiger charge is 2.17. The molecule has 0 aliphatic rings. The average molecular weight is 413 g/mol. The van der Waals surface area contributed by atoms with E-state index < -0.39 is 5.91 Å². The first-order valence-corrected chi connectivity index (χ1v) is 9.98. The van der Waals surface area contributed by atoms with Gasteiger partial charge in [-0.05, 0) is 17.2 Å². The molecule has 4 rings (SSSR count). The first kappa shape index (κ1) is 20.4. The summed E-state index contributed by atoms with van der Waals surface area (Å²) < 4.78 is 7.80. The molecule has 0 atom stereocenters. The lowest BCUT2D eigenvalue weighted by molar-refractivity contribution is -0.127. The summed E-state index contributed by atoms with van der Waals surface area (Å²) in [5.74, 6) is -0.821. The highest BCUT2D eigenvalue weighted by molar-refractivity contribution is 6.07. The highest BCUT2D eigenvalue weighted by Crippen LogP contribution is 2.25. The van der Waals surface area contributed by atoms with Crippen LogP contribution in [0.3, 0.4) is 0 Å². The summed E-state index contributed by atoms with van der Waals surface area (Å²) in [7, 11) is 1.87. The van der Waals surface area contributed by atoms with Crippen LogP contribution in [-0.4, -0.2) is 23.0 Å². The molecule has 3 aromatic carbocycles. The number of ether oxygens (including phenoxy) is 1. The monoisotopic (exact) mass is 413 g/mol. The summed E-state index contributed by atoms with van der Waals surface area (Å²) >= 11 is 0. The van der Waals surface area contributed by atoms with Gasteiger partial charge in [0.1, 0.15) is 12.7 Å². The van der Waals surface area contributed by atoms with Crippen LogP contribution in [0.5, 0.6) is 0 Å². The van der Waals surface area contributed by atoms with E-state index in [1.165, 1.54) is 0 Å². The third-order valence-electron chi connectivity index (χ3n) is 5.04. The Hall–Kier alpha value is -3.90. The van der Waals surface area contributed by atoms with Gasteiger partial charge >= 0.3 is 0 Å². The zero-order chi connectivity index (χ0) is 21.6. The lowest BCUT2D eigenvalue weighted by Crippen LogP contribution is -2.43. The Balaban J connectivity index is 1.39. The lowest BCUT2D eigenvalue weighted by atomic mass is 10.0. The molecule has 0 aliphatic heterocycles. The standard InChI is InChI=1S/C25H23N3O3/c1-28-16-21(20-14-8-9-15-22(20)28)25(30)27-26-23(29)17-31-24(18-10-4-2-5-11-18)19-12-6-3-7-13-19/h2-16,24H,17H2,1H3,(H,26,29)(H,27,30). The van der Waals surface area contributed by atoms with Crippen LogP contribution in [0.1, 0.15) is 27.6 Å². The molecule has 156 valence electrons. The van der Waals surface area contributed by atoms with Gasteiger partial charge in [0.15, 0.2) is 0 Å². The van der Waals surface area contributed by atoms with Gasteiger partial charge < -0.3 is 9.30 Å². The molecule has 1 heterocycles. The van der Waals surface area contributed by atoms with Crippen molar-refractivity contribution in [3.8, 4) is 0 Å². The minimum Gasteiger partial charge on any atom is -0.359 e. The van der Waals surface area contributed by atoms with Crippen molar-refractivity contribution in [1.82, 2.24) is 15.4 Å². The first-order chi connectivity index (χ1) is 15.1. The number of fused-ring (bicyclic) bond motifs is 1. The Kier molecular flexibility index (Phi) is 6.10. The number of carbonyl (C=O) groups is 2. The third kappa shape index (κ3) is 4.65. The fourth-order valence-electron chi connectivity index (χ4n) is 3.55. The minimum absolute atomic E-state index is 0.204. The maximum atomic E-state index is 12.6. The summed E-state index contributed by atoms with van der Waals surface area (Å²) in [5, 5.41) is 0.821. The van der Waals surface area contributed by atoms with E-state index in [0.717, 1.165) is 22.0 Å². The SMILES string of the molecule is Cn1cc(C(=O)NNC(=O)COC(c2ccccc2)c2ccccc2)c2ccccc21. The topological polar surface area (TPSA) is 72.4 Å². The van der Waals surface area contributed by atoms with Crippen molar-refractivity contribution in [2.75, 3.05) is 6.61 Å². The summed E-state index contributed by atoms with van der Waals surface area (Å²) in [6.07, 6.45) is 1.35. The van der Waals surface area contributed by atoms with Gasteiger partial charge in [0.25, 0.3) is 11.8 Å². The molecule has 2 N–H and O–H groups in total. The predicted molar refractivity (Wildman–Crippen MR) is 119 cm³/mol. The highest BCUT2D eigenvalue weighted by atomic mass is 16.5. The van der Waals surface area contributed by atoms with Gasteiger partial charge in [-0.15, -0.1) is 0 Å². The van der Waals surface area contributed by atoms with Crippen molar-refractivity contribution < 1.29 is 14.3 Å². The third-order valence-corrected chi connectivity index (χ3v) is 5.04. The van der Waals surface area contributed by atoms with E-state index in [1.807, 2.05) is 96.5 Å². The van der Waals surface area contributed by atoms with Crippen LogP contribution in [0.2, 0.25) is 0 Å². The number of rotatable bonds is 6. The van der Waals surface area contributed by atoms with Crippen LogP contribution in [0, 0.1) is 0 Å². The number of carbonyl (C=O) groups excluding carboxylic acids is 2. The van der Waals surface area contributed by atoms with Crippen molar-refractivity contribution in [3.63, 3.8) is 0 Å². The first-order valence-electron chi connectivity index (χ1n) is 9.98. The fourth-order valence-corrected chi connectivity index (χ4v) is 3.55. The molecule has 0 aliphatic carbocycles. The minimum atomic E-state index is -0.439. The Bertz CT molecular complexity index is 1150. The number of amides is 2. The summed E-state index contributed by atoms with van der Waals surface area (Å²) in [4.78, 5) is 24.9. The molecule has 6 heteroatoms. The molecular weight excluding hydrogens is 390 g/mol. The van der Waals surface area contributed by atoms with Crippen molar-refractivity contribution >= 4 is 22.7 Å². The molecule has 0 bridgehead atoms. The van der Waals surface area contributed by atoms with Crippen LogP contribution >= 0.6 is 0 Å². The quantitative estimate of drug-likeness (QED) is 0.473. The van der Waals surface area contributed by atoms with E-state index in [1.54, 1.807) is 6.20 Å². The fraction of sp³-hybridized carbons (Fsp3) is 0.120. The second kappa shape index (κ2) is 9.28. The number of nitrogens with zero attached hydrogens (tertiary/aromatic N) is 1. The molecule has 0 saturated heterocycles. The second-order valence-corrected chi connectivity index (χ2v) is 7.19. The summed E-state index contributed by atoms with van der Waals surface area (Å²) in [5.41, 5.74) is 8.24. The molecule has 0 saturated carbocycles. The number of para-hydroxylation sites is 1. The van der Waals surface area contributed by atoms with E-state index in [0.29, 0.717) is 5.56 Å². The Morgan fingerprint density at radius 1 is 0.839 bits per heavy atom. The van der Waals surface area contributed by atoms with Crippen LogP contribution < -0.4 is 10.9 Å². The van der Waals surface area contributed by atoms with Crippen LogP contribution in [0.25, 0.3) is 10.9 Å². The summed E-state index contributed by atoms with van der Waals surface area (Å²) in [6, 6.07) is 27.0. The average Bonchev–Trinajstić information content (AvgIpc) is 3.16. The number of aryl methyl sites for hydroxylation is 1. The molecule has 0 spiro atoms. The smallest absolute Gasteiger partial charge is 0.271 e. The molecule has 31 heavy (non-hydrogen) atoms. The molecule has 0 radical (unpaired) electrons. The summed E-state index contributed by atoms with van der Waals surface area (Å²) in [6.45, 7) is -0.204. The maximum absolute atomic E-state index is 12.6. The van der Waals surface area contributed by atoms with E-state index in [-0.39, 0.29) is 18.6 Å². The van der Waals surface area contributed by atoms with Crippen molar-refractivity contribution in [2.45, 2.75) is 6.10 Å². The van der Waals surface area contributed by atoms with Gasteiger partial charge in [-0.2, -0.15) is 0 Å². The normalized spacial score (nSPS) is 10.9. The number of benzene rings is 3. The van der Waals surface area contributed by atoms with E-state index in [9.17, 15) is 9.59 Å². The van der Waals surface area contributed by atoms with Gasteiger partial charge in [0.2, 0.25) is 0 Å². The molecule has 0 unspecified atom stereocenters. The molecule has 0 fully saturated rings. The van der Waals surface area contributed by atoms with Gasteiger partial charge in [-0.1, -0.05) is 78.9 Å². The van der Waals surface area contributed by atoms with Crippen LogP contribution in [0.4, 0.5) is 0 Å². The predicted octanol–water partition coefficient (Wildman–Crippen LogP) is 3.75. The lowest BCUT2D eigenvalue weighted by Gasteiger charge is -2.19. The van der Waals surface area contributed by atoms with Crippen LogP contribution in [-0.2, 0) is 16.6 Å². The zero-order valence-corrected chi connectivity index (χ0v) is 17.1. The zero-order valence-electron chi connectivity index (χ0n) is 17.1. The van der Waals surface area contributed by atoms with Crippen LogP contribution in [0.15, 0.2) is 91.1 Å². The maximum Gasteiger partial charge on any atom is 0.271 e. The van der Waals surface area contributed by atoms with Gasteiger partial charge in [-0.25, -0.2) is 0 Å². The van der Waals surface area contributed by atoms with Gasteiger partial charge in [0.05, 0.1) is 5.56 Å². The molecular formula is C25H23N3O3. The number of nitrogens with one attached hydrogen (secondary N) is 2. The number of hydrogen-bond acceptors (Lipinski definition) is 3. The Morgan fingerprint density at radius 3 is 2.06 bits per heavy atom. The number of hydrogen-bond donors (Lipinski definition) is 2. The molecule has 1 aromatic heterocycles. The van der Waals surface area contributed by atoms with Crippen molar-refractivity contribution in [2.24, 2.45) is 7.05 Å². The molecule has 2 amide bonds. The van der Waals surface area contributed by atoms with Gasteiger partial charge in [0, 0.05) is 24.1 Å². The molecule has 4 aromatic rings. The van der Waals surface area contributed by atoms with E-state index in [2.05, 4.69) is 10.9 Å². The Labute approximate surface area is 180 Å². The van der Waals surface area contributed by atoms with E-state index >= 15 is 0 Å². The Morgan fingerprint density at radius 2 is 1.42 bits per heavy atom.